The van der Waals surface area contributed by atoms with Crippen molar-refractivity contribution in [2.45, 2.75) is 66.5 Å². The van der Waals surface area contributed by atoms with Gasteiger partial charge in [0.1, 0.15) is 5.84 Å². The van der Waals surface area contributed by atoms with Crippen LogP contribution in [0.3, 0.4) is 0 Å². The Morgan fingerprint density at radius 3 is 2.31 bits per heavy atom. The summed E-state index contributed by atoms with van der Waals surface area (Å²) in [6, 6.07) is 28.2. The molecule has 2 atom stereocenters. The lowest BCUT2D eigenvalue weighted by Gasteiger charge is -2.23. The van der Waals surface area contributed by atoms with Crippen LogP contribution in [0.2, 0.25) is 0 Å². The fraction of sp³-hybridized carbons (Fsp3) is 0.343. The van der Waals surface area contributed by atoms with E-state index in [-0.39, 0.29) is 6.04 Å². The lowest BCUT2D eigenvalue weighted by molar-refractivity contribution is 0.360. The van der Waals surface area contributed by atoms with E-state index >= 15 is 0 Å². The Morgan fingerprint density at radius 2 is 1.62 bits per heavy atom. The third-order valence-electron chi connectivity index (χ3n) is 8.09. The molecule has 2 heterocycles. The molecule has 0 bridgehead atoms. The highest BCUT2D eigenvalue weighted by Crippen LogP contribution is 2.29. The van der Waals surface area contributed by atoms with Gasteiger partial charge in [-0.2, -0.15) is 0 Å². The van der Waals surface area contributed by atoms with E-state index in [4.69, 9.17) is 15.0 Å². The Balaban J connectivity index is 1.58. The number of para-hydroxylation sites is 2. The van der Waals surface area contributed by atoms with E-state index in [2.05, 4.69) is 118 Å². The number of benzene rings is 3. The van der Waals surface area contributed by atoms with Crippen LogP contribution < -0.4 is 0 Å². The molecule has 0 amide bonds. The molecule has 4 nitrogen and oxygen atoms in total. The number of aliphatic imine (C=N–C) groups is 2. The van der Waals surface area contributed by atoms with Gasteiger partial charge in [0.15, 0.2) is 0 Å². The van der Waals surface area contributed by atoms with Gasteiger partial charge in [0, 0.05) is 24.0 Å². The number of hydrogen-bond donors (Lipinski definition) is 0. The Kier molecular flexibility index (Phi) is 8.21. The van der Waals surface area contributed by atoms with Crippen LogP contribution in [0.25, 0.3) is 10.9 Å². The number of fused-ring (bicyclic) bond motifs is 1. The van der Waals surface area contributed by atoms with Crippen LogP contribution in [0.1, 0.15) is 69.0 Å². The maximum atomic E-state index is 5.32. The van der Waals surface area contributed by atoms with Gasteiger partial charge in [0.25, 0.3) is 0 Å². The van der Waals surface area contributed by atoms with Crippen molar-refractivity contribution >= 4 is 28.1 Å². The average molecular weight is 517 g/mol. The molecule has 0 N–H and O–H groups in total. The van der Waals surface area contributed by atoms with E-state index in [1.807, 2.05) is 0 Å². The molecule has 0 saturated carbocycles. The van der Waals surface area contributed by atoms with E-state index in [1.165, 1.54) is 16.7 Å². The molecule has 0 fully saturated rings. The summed E-state index contributed by atoms with van der Waals surface area (Å²) < 4.78 is 0. The van der Waals surface area contributed by atoms with Crippen LogP contribution >= 0.6 is 0 Å². The van der Waals surface area contributed by atoms with Gasteiger partial charge in [-0.1, -0.05) is 101 Å². The largest absolute Gasteiger partial charge is 0.350 e. The lowest BCUT2D eigenvalue weighted by Crippen LogP contribution is -2.31. The smallest absolute Gasteiger partial charge is 0.133 e. The highest BCUT2D eigenvalue weighted by atomic mass is 15.3. The maximum Gasteiger partial charge on any atom is 0.133 e. The van der Waals surface area contributed by atoms with Gasteiger partial charge < -0.3 is 4.90 Å². The molecule has 4 heteroatoms. The molecule has 39 heavy (non-hydrogen) atoms. The van der Waals surface area contributed by atoms with Crippen LogP contribution in [0, 0.1) is 5.92 Å². The lowest BCUT2D eigenvalue weighted by atomic mass is 10.0. The van der Waals surface area contributed by atoms with Crippen molar-refractivity contribution in [2.75, 3.05) is 6.54 Å². The van der Waals surface area contributed by atoms with Crippen molar-refractivity contribution in [3.8, 4) is 0 Å². The zero-order valence-electron chi connectivity index (χ0n) is 24.0. The van der Waals surface area contributed by atoms with Gasteiger partial charge in [-0.05, 0) is 54.5 Å². The summed E-state index contributed by atoms with van der Waals surface area (Å²) in [6.45, 7) is 12.8. The quantitative estimate of drug-likeness (QED) is 0.210. The van der Waals surface area contributed by atoms with Crippen LogP contribution in [0.5, 0.6) is 0 Å². The predicted molar refractivity (Wildman–Crippen MR) is 165 cm³/mol. The summed E-state index contributed by atoms with van der Waals surface area (Å²) in [7, 11) is 0. The first-order valence-corrected chi connectivity index (χ1v) is 14.5. The first-order chi connectivity index (χ1) is 19.0. The van der Waals surface area contributed by atoms with Gasteiger partial charge in [-0.3, -0.25) is 9.98 Å². The second kappa shape index (κ2) is 11.9. The zero-order chi connectivity index (χ0) is 27.4. The van der Waals surface area contributed by atoms with E-state index in [0.29, 0.717) is 5.92 Å². The van der Waals surface area contributed by atoms with Gasteiger partial charge in [-0.25, -0.2) is 4.98 Å². The zero-order valence-corrected chi connectivity index (χ0v) is 24.0. The summed E-state index contributed by atoms with van der Waals surface area (Å²) in [5, 5.41) is 1.13. The number of rotatable bonds is 9. The fourth-order valence-corrected chi connectivity index (χ4v) is 5.47. The molecule has 1 aliphatic rings. The van der Waals surface area contributed by atoms with E-state index in [9.17, 15) is 0 Å². The molecule has 5 rings (SSSR count). The number of aromatic nitrogens is 1. The fourth-order valence-electron chi connectivity index (χ4n) is 5.47. The van der Waals surface area contributed by atoms with Crippen molar-refractivity contribution in [1.82, 2.24) is 9.88 Å². The normalized spacial score (nSPS) is 16.5. The molecular formula is C35H40N4. The van der Waals surface area contributed by atoms with Gasteiger partial charge in [0.2, 0.25) is 0 Å². The Morgan fingerprint density at radius 1 is 0.897 bits per heavy atom. The summed E-state index contributed by atoms with van der Waals surface area (Å²) in [6.07, 6.45) is 3.04. The van der Waals surface area contributed by atoms with Crippen molar-refractivity contribution in [3.63, 3.8) is 0 Å². The van der Waals surface area contributed by atoms with Crippen molar-refractivity contribution < 1.29 is 0 Å². The maximum absolute atomic E-state index is 5.32. The van der Waals surface area contributed by atoms with Crippen LogP contribution in [0.4, 0.5) is 5.69 Å². The molecule has 1 aliphatic heterocycles. The van der Waals surface area contributed by atoms with Crippen molar-refractivity contribution in [3.05, 3.63) is 107 Å². The SMILES string of the molecule is CCc1cccc(CC)c1N=C(C)c1ccc2cccc(C3=N[C@@H](C(C)CC)CN3Cc3ccccc3)c2n1. The molecule has 0 radical (unpaired) electrons. The molecule has 0 spiro atoms. The second-order valence-corrected chi connectivity index (χ2v) is 10.7. The Bertz CT molecular complexity index is 1480. The van der Waals surface area contributed by atoms with Gasteiger partial charge >= 0.3 is 0 Å². The molecular weight excluding hydrogens is 476 g/mol. The summed E-state index contributed by atoms with van der Waals surface area (Å²) in [4.78, 5) is 18.1. The summed E-state index contributed by atoms with van der Waals surface area (Å²) in [5.41, 5.74) is 8.90. The summed E-state index contributed by atoms with van der Waals surface area (Å²) in [5.74, 6) is 1.58. The number of nitrogens with zero attached hydrogens (tertiary/aromatic N) is 4. The monoisotopic (exact) mass is 516 g/mol. The standard InChI is InChI=1S/C35H40N4/c1-6-24(4)32-23-39(22-26-14-10-9-11-15-26)35(38-32)30-19-13-18-29-20-21-31(37-34(29)30)25(5)36-33-27(7-2)16-12-17-28(33)8-3/h9-21,24,32H,6-8,22-23H2,1-5H3/t24?,32-/m1/s1. The molecule has 1 aromatic heterocycles. The number of amidine groups is 1. The summed E-state index contributed by atoms with van der Waals surface area (Å²) >= 11 is 0. The van der Waals surface area contributed by atoms with Crippen LogP contribution in [0.15, 0.2) is 88.8 Å². The highest BCUT2D eigenvalue weighted by Gasteiger charge is 2.30. The average Bonchev–Trinajstić information content (AvgIpc) is 3.40. The molecule has 1 unspecified atom stereocenters. The topological polar surface area (TPSA) is 40.9 Å². The molecule has 200 valence electrons. The van der Waals surface area contributed by atoms with E-state index < -0.39 is 0 Å². The molecule has 0 aliphatic carbocycles. The third-order valence-corrected chi connectivity index (χ3v) is 8.09. The first kappa shape index (κ1) is 26.8. The van der Waals surface area contributed by atoms with E-state index in [0.717, 1.165) is 71.7 Å². The number of aryl methyl sites for hydroxylation is 2. The minimum Gasteiger partial charge on any atom is -0.350 e. The van der Waals surface area contributed by atoms with Crippen LogP contribution in [-0.4, -0.2) is 34.0 Å². The Hall–Kier alpha value is -3.79. The minimum absolute atomic E-state index is 0.286. The van der Waals surface area contributed by atoms with E-state index in [1.54, 1.807) is 0 Å². The molecule has 0 saturated heterocycles. The minimum atomic E-state index is 0.286. The molecule has 3 aromatic carbocycles. The molecule has 4 aromatic rings. The number of hydrogen-bond acceptors (Lipinski definition) is 4. The Labute approximate surface area is 233 Å². The predicted octanol–water partition coefficient (Wildman–Crippen LogP) is 8.18. The van der Waals surface area contributed by atoms with Crippen LogP contribution in [-0.2, 0) is 19.4 Å². The van der Waals surface area contributed by atoms with Crippen molar-refractivity contribution in [2.24, 2.45) is 15.9 Å². The van der Waals surface area contributed by atoms with Crippen molar-refractivity contribution in [1.29, 1.82) is 0 Å². The highest BCUT2D eigenvalue weighted by molar-refractivity contribution is 6.10. The number of pyridine rings is 1. The second-order valence-electron chi connectivity index (χ2n) is 10.7. The van der Waals surface area contributed by atoms with Gasteiger partial charge in [0.05, 0.1) is 28.7 Å². The van der Waals surface area contributed by atoms with Gasteiger partial charge in [-0.15, -0.1) is 0 Å². The first-order valence-electron chi connectivity index (χ1n) is 14.5. The third kappa shape index (κ3) is 5.66.